The van der Waals surface area contributed by atoms with Crippen LogP contribution in [0, 0.1) is 0 Å². The normalized spacial score (nSPS) is 17.1. The van der Waals surface area contributed by atoms with E-state index >= 15 is 0 Å². The lowest BCUT2D eigenvalue weighted by Gasteiger charge is -2.28. The highest BCUT2D eigenvalue weighted by Crippen LogP contribution is 2.26. The van der Waals surface area contributed by atoms with Gasteiger partial charge in [-0.05, 0) is 24.3 Å². The molecule has 0 bridgehead atoms. The zero-order chi connectivity index (χ0) is 19.5. The molecule has 0 radical (unpaired) electrons. The molecule has 7 nitrogen and oxygen atoms in total. The molecule has 0 saturated carbocycles. The molecule has 1 aromatic carbocycles. The SMILES string of the molecule is O=C1CCN(c2ccc(C(=O)OC(CS(=O)(=O)O)C(F)(F)F)cc2)CC1. The number of alkyl halides is 3. The van der Waals surface area contributed by atoms with Gasteiger partial charge in [0.1, 0.15) is 11.5 Å². The summed E-state index contributed by atoms with van der Waals surface area (Å²) >= 11 is 0. The largest absolute Gasteiger partial charge is 0.448 e. The number of carbonyl (C=O) groups is 2. The minimum atomic E-state index is -5.15. The number of ketones is 1. The fourth-order valence-electron chi connectivity index (χ4n) is 2.41. The topological polar surface area (TPSA) is 101 Å². The summed E-state index contributed by atoms with van der Waals surface area (Å²) in [5, 5.41) is 0. The maximum Gasteiger partial charge on any atom is 0.426 e. The van der Waals surface area contributed by atoms with E-state index < -0.39 is 34.1 Å². The van der Waals surface area contributed by atoms with E-state index in [1.165, 1.54) is 24.3 Å². The molecule has 0 aliphatic carbocycles. The van der Waals surface area contributed by atoms with Crippen LogP contribution >= 0.6 is 0 Å². The van der Waals surface area contributed by atoms with Crippen molar-refractivity contribution < 1.29 is 40.5 Å². The number of nitrogens with zero attached hydrogens (tertiary/aromatic N) is 1. The van der Waals surface area contributed by atoms with Crippen LogP contribution in [0.2, 0.25) is 0 Å². The summed E-state index contributed by atoms with van der Waals surface area (Å²) in [6.45, 7) is 1.01. The standard InChI is InChI=1S/C15H16F3NO6S/c16-15(17,18)13(9-26(22,23)24)25-14(21)10-1-3-11(4-2-10)19-7-5-12(20)6-8-19/h1-4,13H,5-9H2,(H,22,23,24). The van der Waals surface area contributed by atoms with Gasteiger partial charge < -0.3 is 9.64 Å². The van der Waals surface area contributed by atoms with Crippen LogP contribution in [0.25, 0.3) is 0 Å². The van der Waals surface area contributed by atoms with Gasteiger partial charge in [-0.2, -0.15) is 21.6 Å². The molecule has 1 heterocycles. The molecule has 144 valence electrons. The van der Waals surface area contributed by atoms with E-state index in [0.717, 1.165) is 0 Å². The van der Waals surface area contributed by atoms with E-state index in [1.54, 1.807) is 0 Å². The fraction of sp³-hybridized carbons (Fsp3) is 0.467. The van der Waals surface area contributed by atoms with Crippen molar-refractivity contribution in [2.24, 2.45) is 0 Å². The van der Waals surface area contributed by atoms with Crippen LogP contribution in [0.15, 0.2) is 24.3 Å². The van der Waals surface area contributed by atoms with Gasteiger partial charge in [0.15, 0.2) is 0 Å². The number of esters is 1. The van der Waals surface area contributed by atoms with Gasteiger partial charge in [0, 0.05) is 31.6 Å². The van der Waals surface area contributed by atoms with Crippen LogP contribution in [-0.2, 0) is 19.6 Å². The summed E-state index contributed by atoms with van der Waals surface area (Å²) in [5.41, 5.74) is 0.491. The highest BCUT2D eigenvalue weighted by atomic mass is 32.2. The minimum Gasteiger partial charge on any atom is -0.448 e. The first kappa shape index (κ1) is 20.2. The van der Waals surface area contributed by atoms with Crippen LogP contribution < -0.4 is 4.90 Å². The Bertz CT molecular complexity index is 766. The molecular weight excluding hydrogens is 379 g/mol. The second-order valence-corrected chi connectivity index (χ2v) is 7.25. The monoisotopic (exact) mass is 395 g/mol. The lowest BCUT2D eigenvalue weighted by Crippen LogP contribution is -2.39. The highest BCUT2D eigenvalue weighted by Gasteiger charge is 2.45. The van der Waals surface area contributed by atoms with Crippen molar-refractivity contribution >= 4 is 27.6 Å². The Morgan fingerprint density at radius 3 is 2.19 bits per heavy atom. The van der Waals surface area contributed by atoms with Gasteiger partial charge in [-0.15, -0.1) is 0 Å². The Balaban J connectivity index is 2.07. The molecule has 11 heteroatoms. The van der Waals surface area contributed by atoms with E-state index in [9.17, 15) is 31.2 Å². The number of benzene rings is 1. The number of piperidine rings is 1. The summed E-state index contributed by atoms with van der Waals surface area (Å²) in [7, 11) is -4.99. The van der Waals surface area contributed by atoms with Gasteiger partial charge in [-0.3, -0.25) is 9.35 Å². The highest BCUT2D eigenvalue weighted by molar-refractivity contribution is 7.85. The van der Waals surface area contributed by atoms with Crippen LogP contribution in [0.5, 0.6) is 0 Å². The second kappa shape index (κ2) is 7.62. The zero-order valence-corrected chi connectivity index (χ0v) is 14.2. The van der Waals surface area contributed by atoms with E-state index in [1.807, 2.05) is 4.90 Å². The van der Waals surface area contributed by atoms with Crippen molar-refractivity contribution in [3.05, 3.63) is 29.8 Å². The van der Waals surface area contributed by atoms with Crippen molar-refractivity contribution in [2.75, 3.05) is 23.7 Å². The maximum atomic E-state index is 12.8. The summed E-state index contributed by atoms with van der Waals surface area (Å²) in [5.74, 6) is -2.99. The average Bonchev–Trinajstić information content (AvgIpc) is 2.53. The Hall–Kier alpha value is -2.14. The molecule has 26 heavy (non-hydrogen) atoms. The number of rotatable bonds is 5. The van der Waals surface area contributed by atoms with Gasteiger partial charge in [-0.1, -0.05) is 0 Å². The molecule has 1 unspecified atom stereocenters. The van der Waals surface area contributed by atoms with Crippen LogP contribution in [-0.4, -0.2) is 55.8 Å². The molecule has 1 aliphatic rings. The second-order valence-electron chi connectivity index (χ2n) is 5.76. The van der Waals surface area contributed by atoms with Gasteiger partial charge in [0.05, 0.1) is 5.56 Å². The number of hydrogen-bond donors (Lipinski definition) is 1. The first-order valence-corrected chi connectivity index (χ1v) is 9.16. The number of hydrogen-bond acceptors (Lipinski definition) is 6. The first-order valence-electron chi connectivity index (χ1n) is 7.55. The van der Waals surface area contributed by atoms with Gasteiger partial charge in [-0.25, -0.2) is 4.79 Å². The van der Waals surface area contributed by atoms with Gasteiger partial charge in [0.2, 0.25) is 6.10 Å². The molecule has 0 spiro atoms. The number of Topliss-reactive ketones (excluding diaryl/α,β-unsaturated/α-hetero) is 1. The molecule has 1 aliphatic heterocycles. The predicted octanol–water partition coefficient (Wildman–Crippen LogP) is 1.83. The lowest BCUT2D eigenvalue weighted by atomic mass is 10.1. The van der Waals surface area contributed by atoms with E-state index in [4.69, 9.17) is 4.55 Å². The molecule has 1 aromatic rings. The van der Waals surface area contributed by atoms with Crippen molar-refractivity contribution in [3.8, 4) is 0 Å². The third kappa shape index (κ3) is 5.70. The van der Waals surface area contributed by atoms with Gasteiger partial charge in [0.25, 0.3) is 10.1 Å². The Labute approximate surface area is 147 Å². The van der Waals surface area contributed by atoms with E-state index in [2.05, 4.69) is 4.74 Å². The zero-order valence-electron chi connectivity index (χ0n) is 13.4. The molecule has 1 atom stereocenters. The summed E-state index contributed by atoms with van der Waals surface area (Å²) in [6, 6.07) is 5.49. The molecule has 1 fully saturated rings. The predicted molar refractivity (Wildman–Crippen MR) is 84.6 cm³/mol. The number of halogens is 3. The average molecular weight is 395 g/mol. The molecule has 0 aromatic heterocycles. The Morgan fingerprint density at radius 1 is 1.19 bits per heavy atom. The summed E-state index contributed by atoms with van der Waals surface area (Å²) in [4.78, 5) is 25.0. The number of carbonyl (C=O) groups excluding carboxylic acids is 2. The van der Waals surface area contributed by atoms with E-state index in [-0.39, 0.29) is 11.3 Å². The van der Waals surface area contributed by atoms with Crippen molar-refractivity contribution in [2.45, 2.75) is 25.1 Å². The third-order valence-electron chi connectivity index (χ3n) is 3.77. The van der Waals surface area contributed by atoms with E-state index in [0.29, 0.717) is 31.6 Å². The molecule has 0 amide bonds. The van der Waals surface area contributed by atoms with Crippen molar-refractivity contribution in [1.82, 2.24) is 0 Å². The number of anilines is 1. The fourth-order valence-corrected chi connectivity index (χ4v) is 3.05. The quantitative estimate of drug-likeness (QED) is 0.600. The number of ether oxygens (including phenoxy) is 1. The lowest BCUT2D eigenvalue weighted by molar-refractivity contribution is -0.197. The molecule has 1 N–H and O–H groups in total. The molecular formula is C15H16F3NO6S. The van der Waals surface area contributed by atoms with Crippen LogP contribution in [0.1, 0.15) is 23.2 Å². The van der Waals surface area contributed by atoms with Crippen molar-refractivity contribution in [3.63, 3.8) is 0 Å². The van der Waals surface area contributed by atoms with Crippen LogP contribution in [0.3, 0.4) is 0 Å². The van der Waals surface area contributed by atoms with Crippen molar-refractivity contribution in [1.29, 1.82) is 0 Å². The molecule has 2 rings (SSSR count). The van der Waals surface area contributed by atoms with Crippen LogP contribution in [0.4, 0.5) is 18.9 Å². The maximum absolute atomic E-state index is 12.8. The smallest absolute Gasteiger partial charge is 0.426 e. The molecule has 1 saturated heterocycles. The first-order chi connectivity index (χ1) is 12.0. The third-order valence-corrected chi connectivity index (χ3v) is 4.49. The minimum absolute atomic E-state index is 0.151. The van der Waals surface area contributed by atoms with Gasteiger partial charge >= 0.3 is 12.1 Å². The Morgan fingerprint density at radius 2 is 1.73 bits per heavy atom. The summed E-state index contributed by atoms with van der Waals surface area (Å²) in [6.07, 6.45) is -7.33. The summed E-state index contributed by atoms with van der Waals surface area (Å²) < 4.78 is 72.5. The Kier molecular flexibility index (Phi) is 5.91.